The predicted octanol–water partition coefficient (Wildman–Crippen LogP) is 3.83. The molecule has 3 aliphatic heterocycles. The van der Waals surface area contributed by atoms with E-state index in [-0.39, 0.29) is 11.8 Å². The van der Waals surface area contributed by atoms with Gasteiger partial charge in [-0.05, 0) is 32.0 Å². The maximum Gasteiger partial charge on any atom is 0.200 e. The van der Waals surface area contributed by atoms with Crippen molar-refractivity contribution in [3.8, 4) is 5.75 Å². The zero-order valence-corrected chi connectivity index (χ0v) is 16.0. The van der Waals surface area contributed by atoms with E-state index in [2.05, 4.69) is 65.1 Å². The van der Waals surface area contributed by atoms with Gasteiger partial charge in [0.05, 0.1) is 11.8 Å². The minimum absolute atomic E-state index is 0.253. The number of likely N-dealkylation sites (tertiary alicyclic amines) is 1. The van der Waals surface area contributed by atoms with Gasteiger partial charge in [-0.15, -0.1) is 0 Å². The first kappa shape index (κ1) is 16.8. The molecule has 1 spiro atoms. The first-order valence-corrected chi connectivity index (χ1v) is 9.95. The number of aromatic nitrogens is 1. The van der Waals surface area contributed by atoms with Crippen molar-refractivity contribution in [2.24, 2.45) is 5.10 Å². The fourth-order valence-corrected chi connectivity index (χ4v) is 4.67. The average Bonchev–Trinajstić information content (AvgIpc) is 3.16. The van der Waals surface area contributed by atoms with E-state index < -0.39 is 0 Å². The Kier molecular flexibility index (Phi) is 3.93. The molecule has 0 unspecified atom stereocenters. The molecule has 3 aliphatic rings. The number of ether oxygens (including phenoxy) is 1. The molecular weight excluding hydrogens is 336 g/mol. The third-order valence-corrected chi connectivity index (χ3v) is 6.23. The minimum atomic E-state index is -0.334. The summed E-state index contributed by atoms with van der Waals surface area (Å²) in [5.74, 6) is 1.03. The molecule has 0 aliphatic carbocycles. The Morgan fingerprint density at radius 1 is 1.07 bits per heavy atom. The molecule has 5 nitrogen and oxygen atoms in total. The SMILES string of the molecule is CC(C)N1CCC2(CC1)Oc1ccccc1[C@H]1CC(c3ccncc3)=NN12. The van der Waals surface area contributed by atoms with E-state index in [9.17, 15) is 0 Å². The molecule has 1 fully saturated rings. The lowest BCUT2D eigenvalue weighted by molar-refractivity contribution is -0.152. The largest absolute Gasteiger partial charge is 0.466 e. The highest BCUT2D eigenvalue weighted by Gasteiger charge is 2.51. The third kappa shape index (κ3) is 2.72. The lowest BCUT2D eigenvalue weighted by Crippen LogP contribution is -2.59. The quantitative estimate of drug-likeness (QED) is 0.814. The van der Waals surface area contributed by atoms with Crippen molar-refractivity contribution < 1.29 is 4.74 Å². The van der Waals surface area contributed by atoms with Crippen LogP contribution in [0.2, 0.25) is 0 Å². The van der Waals surface area contributed by atoms with E-state index in [0.717, 1.165) is 49.4 Å². The molecule has 0 saturated carbocycles. The van der Waals surface area contributed by atoms with Crippen LogP contribution < -0.4 is 4.74 Å². The zero-order valence-electron chi connectivity index (χ0n) is 16.0. The van der Waals surface area contributed by atoms with Crippen LogP contribution in [0.3, 0.4) is 0 Å². The lowest BCUT2D eigenvalue weighted by atomic mass is 9.90. The Labute approximate surface area is 160 Å². The van der Waals surface area contributed by atoms with Crippen molar-refractivity contribution in [2.45, 2.75) is 50.9 Å². The number of rotatable bonds is 2. The lowest BCUT2D eigenvalue weighted by Gasteiger charge is -2.51. The van der Waals surface area contributed by atoms with E-state index in [1.807, 2.05) is 12.4 Å². The van der Waals surface area contributed by atoms with Crippen LogP contribution >= 0.6 is 0 Å². The average molecular weight is 362 g/mol. The summed E-state index contributed by atoms with van der Waals surface area (Å²) in [5.41, 5.74) is 3.21. The van der Waals surface area contributed by atoms with Crippen molar-refractivity contribution in [3.05, 3.63) is 59.9 Å². The highest BCUT2D eigenvalue weighted by atomic mass is 16.5. The van der Waals surface area contributed by atoms with Crippen LogP contribution in [0.1, 0.15) is 50.3 Å². The Morgan fingerprint density at radius 3 is 2.56 bits per heavy atom. The Balaban J connectivity index is 1.53. The van der Waals surface area contributed by atoms with Crippen LogP contribution in [-0.2, 0) is 0 Å². The maximum absolute atomic E-state index is 6.67. The predicted molar refractivity (Wildman–Crippen MR) is 106 cm³/mol. The molecule has 1 saturated heterocycles. The number of benzene rings is 1. The molecule has 27 heavy (non-hydrogen) atoms. The molecule has 1 aromatic carbocycles. The summed E-state index contributed by atoms with van der Waals surface area (Å²) in [4.78, 5) is 6.69. The number of piperidine rings is 1. The molecule has 0 bridgehead atoms. The van der Waals surface area contributed by atoms with E-state index >= 15 is 0 Å². The van der Waals surface area contributed by atoms with Crippen molar-refractivity contribution >= 4 is 5.71 Å². The number of para-hydroxylation sites is 1. The van der Waals surface area contributed by atoms with Crippen LogP contribution in [0.4, 0.5) is 0 Å². The summed E-state index contributed by atoms with van der Waals surface area (Å²) in [7, 11) is 0. The second-order valence-corrected chi connectivity index (χ2v) is 8.06. The molecule has 2 aromatic rings. The Morgan fingerprint density at radius 2 is 1.81 bits per heavy atom. The normalized spacial score (nSPS) is 23.7. The number of hydrogen-bond acceptors (Lipinski definition) is 5. The van der Waals surface area contributed by atoms with Gasteiger partial charge >= 0.3 is 0 Å². The second kappa shape index (κ2) is 6.34. The minimum Gasteiger partial charge on any atom is -0.466 e. The third-order valence-electron chi connectivity index (χ3n) is 6.23. The first-order valence-electron chi connectivity index (χ1n) is 9.95. The van der Waals surface area contributed by atoms with Gasteiger partial charge in [0.2, 0.25) is 5.72 Å². The van der Waals surface area contributed by atoms with Crippen molar-refractivity contribution in [1.82, 2.24) is 14.9 Å². The Hall–Kier alpha value is -2.40. The number of hydrogen-bond donors (Lipinski definition) is 0. The van der Waals surface area contributed by atoms with Gasteiger partial charge < -0.3 is 9.64 Å². The van der Waals surface area contributed by atoms with Crippen molar-refractivity contribution in [1.29, 1.82) is 0 Å². The van der Waals surface area contributed by atoms with Gasteiger partial charge in [0.25, 0.3) is 0 Å². The summed E-state index contributed by atoms with van der Waals surface area (Å²) in [6.07, 6.45) is 6.55. The molecule has 5 rings (SSSR count). The highest BCUT2D eigenvalue weighted by Crippen LogP contribution is 2.49. The summed E-state index contributed by atoms with van der Waals surface area (Å²) >= 11 is 0. The number of hydrazone groups is 1. The van der Waals surface area contributed by atoms with Crippen LogP contribution in [0, 0.1) is 0 Å². The first-order chi connectivity index (χ1) is 13.2. The van der Waals surface area contributed by atoms with Gasteiger partial charge in [0, 0.05) is 61.9 Å². The zero-order chi connectivity index (χ0) is 18.4. The van der Waals surface area contributed by atoms with Gasteiger partial charge in [-0.1, -0.05) is 18.2 Å². The molecule has 1 atom stereocenters. The standard InChI is InChI=1S/C22H26N4O/c1-16(2)25-13-9-22(10-14-25)26-20(18-5-3-4-6-21(18)27-22)15-19(24-26)17-7-11-23-12-8-17/h3-8,11-12,16,20H,9-10,13-15H2,1-2H3/t20-/m1/s1. The molecule has 0 N–H and O–H groups in total. The fourth-order valence-electron chi connectivity index (χ4n) is 4.67. The topological polar surface area (TPSA) is 41.0 Å². The monoisotopic (exact) mass is 362 g/mol. The van der Waals surface area contributed by atoms with Gasteiger partial charge in [-0.25, -0.2) is 5.01 Å². The molecular formula is C22H26N4O. The van der Waals surface area contributed by atoms with Crippen LogP contribution in [-0.4, -0.2) is 45.5 Å². The fraction of sp³-hybridized carbons (Fsp3) is 0.455. The summed E-state index contributed by atoms with van der Waals surface area (Å²) in [6, 6.07) is 13.4. The molecule has 0 amide bonds. The van der Waals surface area contributed by atoms with Crippen molar-refractivity contribution in [3.63, 3.8) is 0 Å². The molecule has 4 heterocycles. The highest BCUT2D eigenvalue weighted by molar-refractivity contribution is 6.01. The van der Waals surface area contributed by atoms with Gasteiger partial charge in [0.1, 0.15) is 5.75 Å². The van der Waals surface area contributed by atoms with E-state index in [4.69, 9.17) is 9.84 Å². The second-order valence-electron chi connectivity index (χ2n) is 8.06. The van der Waals surface area contributed by atoms with Crippen LogP contribution in [0.25, 0.3) is 0 Å². The summed E-state index contributed by atoms with van der Waals surface area (Å²) < 4.78 is 6.67. The molecule has 140 valence electrons. The van der Waals surface area contributed by atoms with Crippen LogP contribution in [0.15, 0.2) is 53.9 Å². The summed E-state index contributed by atoms with van der Waals surface area (Å²) in [5, 5.41) is 7.39. The molecule has 0 radical (unpaired) electrons. The van der Waals surface area contributed by atoms with Crippen LogP contribution in [0.5, 0.6) is 5.75 Å². The van der Waals surface area contributed by atoms with Gasteiger partial charge in [0.15, 0.2) is 0 Å². The number of pyridine rings is 1. The van der Waals surface area contributed by atoms with Crippen molar-refractivity contribution in [2.75, 3.05) is 13.1 Å². The summed E-state index contributed by atoms with van der Waals surface area (Å²) in [6.45, 7) is 6.63. The Bertz CT molecular complexity index is 856. The molecule has 1 aromatic heterocycles. The smallest absolute Gasteiger partial charge is 0.200 e. The van der Waals surface area contributed by atoms with E-state index in [1.54, 1.807) is 0 Å². The molecule has 5 heteroatoms. The number of fused-ring (bicyclic) bond motifs is 4. The van der Waals surface area contributed by atoms with Gasteiger partial charge in [-0.2, -0.15) is 5.10 Å². The van der Waals surface area contributed by atoms with E-state index in [0.29, 0.717) is 6.04 Å². The van der Waals surface area contributed by atoms with Gasteiger partial charge in [-0.3, -0.25) is 4.98 Å². The maximum atomic E-state index is 6.67. The number of nitrogens with zero attached hydrogens (tertiary/aromatic N) is 4. The van der Waals surface area contributed by atoms with E-state index in [1.165, 1.54) is 5.56 Å².